The standard InChI is InChI=1S/C58H44N2/c1-57(2)47-25-11-7-20-42(47)46-36-39(32-33-49(46)57)59(54-30-16-27-50-56(54)45-23-8-12-26-48(45)58(50,3)4)55-35-38(41-24-15-18-37-17-5-6-19-40(37)41)31-34-53(55)60-51-28-13-9-21-43(51)44-22-10-14-29-52(44)60/h5-36H,1-4H3. The first kappa shape index (κ1) is 34.8. The molecule has 9 aromatic carbocycles. The summed E-state index contributed by atoms with van der Waals surface area (Å²) in [4.78, 5) is 2.58. The third-order valence-electron chi connectivity index (χ3n) is 13.8. The van der Waals surface area contributed by atoms with Gasteiger partial charge < -0.3 is 9.47 Å². The maximum atomic E-state index is 2.58. The Morgan fingerprint density at radius 2 is 0.933 bits per heavy atom. The lowest BCUT2D eigenvalue weighted by molar-refractivity contribution is 0.660. The van der Waals surface area contributed by atoms with Crippen LogP contribution in [0.3, 0.4) is 0 Å². The smallest absolute Gasteiger partial charge is 0.0708 e. The second-order valence-electron chi connectivity index (χ2n) is 17.7. The van der Waals surface area contributed by atoms with E-state index < -0.39 is 0 Å². The Hall–Kier alpha value is -7.16. The fourth-order valence-electron chi connectivity index (χ4n) is 10.9. The summed E-state index contributed by atoms with van der Waals surface area (Å²) in [6.07, 6.45) is 0. The summed E-state index contributed by atoms with van der Waals surface area (Å²) in [5, 5.41) is 4.97. The zero-order chi connectivity index (χ0) is 40.3. The molecule has 0 N–H and O–H groups in total. The lowest BCUT2D eigenvalue weighted by atomic mass is 9.82. The van der Waals surface area contributed by atoms with E-state index in [0.717, 1.165) is 17.1 Å². The van der Waals surface area contributed by atoms with E-state index in [9.17, 15) is 0 Å². The molecule has 0 atom stereocenters. The van der Waals surface area contributed by atoms with Crippen LogP contribution < -0.4 is 4.90 Å². The normalized spacial score (nSPS) is 14.3. The van der Waals surface area contributed by atoms with Gasteiger partial charge in [-0.05, 0) is 103 Å². The van der Waals surface area contributed by atoms with Gasteiger partial charge in [0, 0.05) is 32.9 Å². The van der Waals surface area contributed by atoms with Crippen molar-refractivity contribution in [2.45, 2.75) is 38.5 Å². The number of aromatic nitrogens is 1. The van der Waals surface area contributed by atoms with Crippen molar-refractivity contribution in [3.05, 3.63) is 216 Å². The van der Waals surface area contributed by atoms with Gasteiger partial charge in [0.15, 0.2) is 0 Å². The Bertz CT molecular complexity index is 3340. The van der Waals surface area contributed by atoms with Gasteiger partial charge in [0.25, 0.3) is 0 Å². The van der Waals surface area contributed by atoms with Gasteiger partial charge in [0.1, 0.15) is 0 Å². The average Bonchev–Trinajstić information content (AvgIpc) is 3.83. The van der Waals surface area contributed by atoms with Gasteiger partial charge in [-0.3, -0.25) is 0 Å². The van der Waals surface area contributed by atoms with Crippen LogP contribution in [0.15, 0.2) is 194 Å². The molecule has 0 saturated heterocycles. The molecule has 2 nitrogen and oxygen atoms in total. The van der Waals surface area contributed by atoms with Crippen molar-refractivity contribution in [1.29, 1.82) is 0 Å². The lowest BCUT2D eigenvalue weighted by Crippen LogP contribution is -2.17. The summed E-state index contributed by atoms with van der Waals surface area (Å²) >= 11 is 0. The molecule has 0 bridgehead atoms. The Balaban J connectivity index is 1.23. The average molecular weight is 769 g/mol. The fraction of sp³-hybridized carbons (Fsp3) is 0.103. The predicted octanol–water partition coefficient (Wildman–Crippen LogP) is 15.7. The third kappa shape index (κ3) is 4.82. The first-order valence-electron chi connectivity index (χ1n) is 21.2. The molecule has 0 fully saturated rings. The molecule has 286 valence electrons. The third-order valence-corrected chi connectivity index (χ3v) is 13.8. The van der Waals surface area contributed by atoms with Crippen LogP contribution in [0.5, 0.6) is 0 Å². The van der Waals surface area contributed by atoms with E-state index in [1.807, 2.05) is 0 Å². The summed E-state index contributed by atoms with van der Waals surface area (Å²) in [5.41, 5.74) is 19.7. The van der Waals surface area contributed by atoms with Gasteiger partial charge in [-0.25, -0.2) is 0 Å². The molecule has 2 aliphatic rings. The van der Waals surface area contributed by atoms with Crippen LogP contribution in [0.1, 0.15) is 49.9 Å². The molecule has 0 saturated carbocycles. The molecule has 0 unspecified atom stereocenters. The summed E-state index contributed by atoms with van der Waals surface area (Å²) < 4.78 is 2.49. The second kappa shape index (κ2) is 12.7. The highest BCUT2D eigenvalue weighted by Crippen LogP contribution is 2.57. The minimum absolute atomic E-state index is 0.103. The van der Waals surface area contributed by atoms with Crippen LogP contribution in [0, 0.1) is 0 Å². The van der Waals surface area contributed by atoms with Crippen molar-refractivity contribution < 1.29 is 0 Å². The maximum Gasteiger partial charge on any atom is 0.0708 e. The molecule has 2 aliphatic carbocycles. The van der Waals surface area contributed by atoms with Crippen LogP contribution in [-0.2, 0) is 10.8 Å². The highest BCUT2D eigenvalue weighted by molar-refractivity contribution is 6.10. The summed E-state index contributed by atoms with van der Waals surface area (Å²) in [6, 6.07) is 72.6. The molecule has 10 aromatic rings. The largest absolute Gasteiger partial charge is 0.308 e. The van der Waals surface area contributed by atoms with Crippen molar-refractivity contribution >= 4 is 49.6 Å². The number of anilines is 3. The van der Waals surface area contributed by atoms with Gasteiger partial charge in [-0.1, -0.05) is 179 Å². The summed E-state index contributed by atoms with van der Waals surface area (Å²) in [5.74, 6) is 0. The van der Waals surface area contributed by atoms with Gasteiger partial charge >= 0.3 is 0 Å². The molecular weight excluding hydrogens is 725 g/mol. The molecule has 60 heavy (non-hydrogen) atoms. The summed E-state index contributed by atoms with van der Waals surface area (Å²) in [6.45, 7) is 9.49. The Labute approximate surface area is 351 Å². The SMILES string of the molecule is CC1(C)c2ccccc2-c2cc(N(c3cc(-c4cccc5ccccc45)ccc3-n3c4ccccc4c4ccccc43)c3cccc4c3-c3ccccc3C4(C)C)ccc21. The molecule has 0 aliphatic heterocycles. The fourth-order valence-corrected chi connectivity index (χ4v) is 10.9. The second-order valence-corrected chi connectivity index (χ2v) is 17.7. The molecule has 12 rings (SSSR count). The van der Waals surface area contributed by atoms with E-state index in [4.69, 9.17) is 0 Å². The number of fused-ring (bicyclic) bond motifs is 10. The van der Waals surface area contributed by atoms with Crippen LogP contribution in [0.4, 0.5) is 17.1 Å². The van der Waals surface area contributed by atoms with Crippen molar-refractivity contribution in [3.8, 4) is 39.1 Å². The molecule has 2 heteroatoms. The van der Waals surface area contributed by atoms with E-state index in [0.29, 0.717) is 0 Å². The maximum absolute atomic E-state index is 2.58. The Kier molecular flexibility index (Phi) is 7.36. The molecular formula is C58H44N2. The van der Waals surface area contributed by atoms with E-state index in [1.165, 1.54) is 93.9 Å². The topological polar surface area (TPSA) is 8.17 Å². The van der Waals surface area contributed by atoms with E-state index in [2.05, 4.69) is 231 Å². The zero-order valence-corrected chi connectivity index (χ0v) is 34.4. The van der Waals surface area contributed by atoms with Crippen molar-refractivity contribution in [2.75, 3.05) is 4.90 Å². The Morgan fingerprint density at radius 3 is 1.70 bits per heavy atom. The first-order chi connectivity index (χ1) is 29.3. The van der Waals surface area contributed by atoms with Crippen molar-refractivity contribution in [2.24, 2.45) is 0 Å². The van der Waals surface area contributed by atoms with E-state index in [-0.39, 0.29) is 10.8 Å². The molecule has 0 radical (unpaired) electrons. The summed E-state index contributed by atoms with van der Waals surface area (Å²) in [7, 11) is 0. The molecule has 1 aromatic heterocycles. The van der Waals surface area contributed by atoms with Crippen molar-refractivity contribution in [1.82, 2.24) is 4.57 Å². The number of para-hydroxylation sites is 2. The lowest BCUT2D eigenvalue weighted by Gasteiger charge is -2.32. The minimum Gasteiger partial charge on any atom is -0.308 e. The van der Waals surface area contributed by atoms with Gasteiger partial charge in [-0.2, -0.15) is 0 Å². The van der Waals surface area contributed by atoms with E-state index in [1.54, 1.807) is 0 Å². The molecule has 0 amide bonds. The number of benzene rings is 9. The quantitative estimate of drug-likeness (QED) is 0.169. The van der Waals surface area contributed by atoms with Crippen LogP contribution in [-0.4, -0.2) is 4.57 Å². The van der Waals surface area contributed by atoms with Crippen molar-refractivity contribution in [3.63, 3.8) is 0 Å². The number of rotatable bonds is 5. The predicted molar refractivity (Wildman–Crippen MR) is 254 cm³/mol. The van der Waals surface area contributed by atoms with Crippen LogP contribution >= 0.6 is 0 Å². The van der Waals surface area contributed by atoms with Crippen LogP contribution in [0.25, 0.3) is 71.6 Å². The van der Waals surface area contributed by atoms with E-state index >= 15 is 0 Å². The number of nitrogens with zero attached hydrogens (tertiary/aromatic N) is 2. The monoisotopic (exact) mass is 768 g/mol. The first-order valence-corrected chi connectivity index (χ1v) is 21.2. The van der Waals surface area contributed by atoms with Gasteiger partial charge in [-0.15, -0.1) is 0 Å². The number of hydrogen-bond acceptors (Lipinski definition) is 1. The number of hydrogen-bond donors (Lipinski definition) is 0. The zero-order valence-electron chi connectivity index (χ0n) is 34.4. The van der Waals surface area contributed by atoms with Crippen LogP contribution in [0.2, 0.25) is 0 Å². The highest BCUT2D eigenvalue weighted by atomic mass is 15.2. The van der Waals surface area contributed by atoms with Gasteiger partial charge in [0.05, 0.1) is 28.1 Å². The minimum atomic E-state index is -0.158. The highest BCUT2D eigenvalue weighted by Gasteiger charge is 2.39. The molecule has 0 spiro atoms. The Morgan fingerprint density at radius 1 is 0.383 bits per heavy atom. The molecule has 1 heterocycles. The van der Waals surface area contributed by atoms with Gasteiger partial charge in [0.2, 0.25) is 0 Å².